The van der Waals surface area contributed by atoms with Crippen LogP contribution in [-0.2, 0) is 12.8 Å². The summed E-state index contributed by atoms with van der Waals surface area (Å²) in [5.74, 6) is 0.00859. The van der Waals surface area contributed by atoms with Crippen LogP contribution in [0.5, 0.6) is 5.75 Å². The van der Waals surface area contributed by atoms with Gasteiger partial charge in [-0.05, 0) is 47.4 Å². The predicted molar refractivity (Wildman–Crippen MR) is 121 cm³/mol. The van der Waals surface area contributed by atoms with Crippen molar-refractivity contribution in [1.82, 2.24) is 5.32 Å². The Labute approximate surface area is 187 Å². The number of methoxy groups -OCH3 is 1. The van der Waals surface area contributed by atoms with Crippen LogP contribution < -0.4 is 10.1 Å². The highest BCUT2D eigenvalue weighted by molar-refractivity contribution is 5.95. The van der Waals surface area contributed by atoms with Crippen molar-refractivity contribution >= 4 is 5.91 Å². The lowest BCUT2D eigenvalue weighted by atomic mass is 9.93. The number of ether oxygens (including phenoxy) is 1. The van der Waals surface area contributed by atoms with Crippen LogP contribution in [0.15, 0.2) is 66.7 Å². The second-order valence-corrected chi connectivity index (χ2v) is 8.32. The average Bonchev–Trinajstić information content (AvgIpc) is 3.18. The first-order valence-electron chi connectivity index (χ1n) is 10.5. The number of benzene rings is 3. The molecule has 1 aliphatic carbocycles. The van der Waals surface area contributed by atoms with E-state index in [-0.39, 0.29) is 0 Å². The van der Waals surface area contributed by atoms with Crippen LogP contribution >= 0.6 is 0 Å². The Hall–Kier alpha value is -3.19. The Morgan fingerprint density at radius 1 is 0.938 bits per heavy atom. The molecule has 32 heavy (non-hydrogen) atoms. The Morgan fingerprint density at radius 3 is 2.16 bits per heavy atom. The molecule has 0 spiro atoms. The third-order valence-corrected chi connectivity index (χ3v) is 6.26. The zero-order valence-electron chi connectivity index (χ0n) is 18.1. The minimum atomic E-state index is -1.73. The fourth-order valence-electron chi connectivity index (χ4n) is 4.43. The van der Waals surface area contributed by atoms with E-state index in [1.165, 1.54) is 7.11 Å². The van der Waals surface area contributed by atoms with Gasteiger partial charge in [0.2, 0.25) is 0 Å². The lowest BCUT2D eigenvalue weighted by Crippen LogP contribution is -2.57. The molecule has 0 aromatic heterocycles. The third kappa shape index (κ3) is 4.00. The first-order chi connectivity index (χ1) is 15.3. The van der Waals surface area contributed by atoms with Crippen LogP contribution in [0.3, 0.4) is 0 Å². The molecular formula is C26H27NO5. The monoisotopic (exact) mass is 433 g/mol. The van der Waals surface area contributed by atoms with Crippen molar-refractivity contribution in [3.05, 3.63) is 100 Å². The van der Waals surface area contributed by atoms with E-state index in [2.05, 4.69) is 5.32 Å². The van der Waals surface area contributed by atoms with Crippen LogP contribution in [-0.4, -0.2) is 40.2 Å². The number of nitrogens with one attached hydrogen (secondary N) is 1. The highest BCUT2D eigenvalue weighted by Gasteiger charge is 2.44. The van der Waals surface area contributed by atoms with Crippen LogP contribution in [0.2, 0.25) is 0 Å². The maximum absolute atomic E-state index is 13.2. The van der Waals surface area contributed by atoms with Gasteiger partial charge in [-0.25, -0.2) is 0 Å². The number of aliphatic hydroxyl groups is 3. The average molecular weight is 434 g/mol. The van der Waals surface area contributed by atoms with Crippen molar-refractivity contribution < 1.29 is 24.9 Å². The van der Waals surface area contributed by atoms with Crippen LogP contribution in [0.1, 0.15) is 44.3 Å². The molecule has 0 saturated carbocycles. The Morgan fingerprint density at radius 2 is 1.56 bits per heavy atom. The molecule has 0 radical (unpaired) electrons. The molecule has 0 heterocycles. The second kappa shape index (κ2) is 8.74. The van der Waals surface area contributed by atoms with Gasteiger partial charge in [0.1, 0.15) is 11.9 Å². The molecule has 0 fully saturated rings. The summed E-state index contributed by atoms with van der Waals surface area (Å²) < 4.78 is 5.42. The van der Waals surface area contributed by atoms with Crippen LogP contribution in [0.4, 0.5) is 0 Å². The van der Waals surface area contributed by atoms with E-state index in [0.717, 1.165) is 22.3 Å². The molecule has 6 nitrogen and oxygen atoms in total. The van der Waals surface area contributed by atoms with Crippen molar-refractivity contribution in [2.45, 2.75) is 37.7 Å². The number of hydrogen-bond donors (Lipinski definition) is 4. The van der Waals surface area contributed by atoms with Gasteiger partial charge in [-0.2, -0.15) is 0 Å². The maximum atomic E-state index is 13.2. The standard InChI is InChI=1S/C26H27NO5/c1-16-7-3-6-10-20(16)23(28)21-13-17(11-12-22(21)32-2)24(29)27-26(25(30)31)14-18-8-4-5-9-19(18)15-26/h3-13,23,25,28,30-31H,14-15H2,1-2H3,(H,27,29). The van der Waals surface area contributed by atoms with Crippen molar-refractivity contribution in [1.29, 1.82) is 0 Å². The number of hydrogen-bond acceptors (Lipinski definition) is 5. The molecule has 166 valence electrons. The van der Waals surface area contributed by atoms with Crippen LogP contribution in [0.25, 0.3) is 0 Å². The van der Waals surface area contributed by atoms with E-state index in [0.29, 0.717) is 29.7 Å². The SMILES string of the molecule is COc1ccc(C(=O)NC2(C(O)O)Cc3ccccc3C2)cc1C(O)c1ccccc1C. The molecule has 4 rings (SSSR count). The van der Waals surface area contributed by atoms with Gasteiger partial charge in [0.05, 0.1) is 12.6 Å². The maximum Gasteiger partial charge on any atom is 0.251 e. The first-order valence-corrected chi connectivity index (χ1v) is 10.5. The molecule has 4 N–H and O–H groups in total. The highest BCUT2D eigenvalue weighted by atomic mass is 16.5. The molecule has 1 aliphatic rings. The molecule has 0 bridgehead atoms. The lowest BCUT2D eigenvalue weighted by Gasteiger charge is -2.32. The summed E-state index contributed by atoms with van der Waals surface area (Å²) in [6.07, 6.45) is -2.07. The summed E-state index contributed by atoms with van der Waals surface area (Å²) in [7, 11) is 1.51. The Balaban J connectivity index is 1.65. The minimum Gasteiger partial charge on any atom is -0.496 e. The van der Waals surface area contributed by atoms with Gasteiger partial charge in [0.25, 0.3) is 5.91 Å². The fourth-order valence-corrected chi connectivity index (χ4v) is 4.43. The van der Waals surface area contributed by atoms with Gasteiger partial charge >= 0.3 is 0 Å². The number of rotatable bonds is 6. The molecule has 6 heteroatoms. The number of aliphatic hydroxyl groups excluding tert-OH is 2. The number of fused-ring (bicyclic) bond motifs is 1. The zero-order valence-corrected chi connectivity index (χ0v) is 18.1. The van der Waals surface area contributed by atoms with Gasteiger partial charge < -0.3 is 25.4 Å². The summed E-state index contributed by atoms with van der Waals surface area (Å²) in [5, 5.41) is 34.2. The third-order valence-electron chi connectivity index (χ3n) is 6.26. The Bertz CT molecular complexity index is 1120. The zero-order chi connectivity index (χ0) is 22.9. The summed E-state index contributed by atoms with van der Waals surface area (Å²) >= 11 is 0. The van der Waals surface area contributed by atoms with Crippen molar-refractivity contribution in [2.24, 2.45) is 0 Å². The quantitative estimate of drug-likeness (QED) is 0.448. The topological polar surface area (TPSA) is 99.0 Å². The van der Waals surface area contributed by atoms with Crippen molar-refractivity contribution in [3.63, 3.8) is 0 Å². The molecular weight excluding hydrogens is 406 g/mol. The van der Waals surface area contributed by atoms with Gasteiger partial charge in [-0.3, -0.25) is 4.79 Å². The van der Waals surface area contributed by atoms with Gasteiger partial charge in [0.15, 0.2) is 6.29 Å². The molecule has 1 atom stereocenters. The van der Waals surface area contributed by atoms with E-state index >= 15 is 0 Å². The smallest absolute Gasteiger partial charge is 0.251 e. The normalized spacial score (nSPS) is 15.3. The number of amides is 1. The molecule has 1 amide bonds. The van der Waals surface area contributed by atoms with Gasteiger partial charge in [-0.15, -0.1) is 0 Å². The van der Waals surface area contributed by atoms with Gasteiger partial charge in [0, 0.05) is 24.0 Å². The number of carbonyl (C=O) groups excluding carboxylic acids is 1. The first kappa shape index (κ1) is 22.0. The Kier molecular flexibility index (Phi) is 6.02. The molecule has 3 aromatic carbocycles. The van der Waals surface area contributed by atoms with Crippen molar-refractivity contribution in [3.8, 4) is 5.75 Å². The van der Waals surface area contributed by atoms with E-state index in [1.54, 1.807) is 18.2 Å². The van der Waals surface area contributed by atoms with E-state index < -0.39 is 23.8 Å². The molecule has 3 aromatic rings. The van der Waals surface area contributed by atoms with E-state index in [9.17, 15) is 20.1 Å². The summed E-state index contributed by atoms with van der Waals surface area (Å²) in [6, 6.07) is 19.9. The summed E-state index contributed by atoms with van der Waals surface area (Å²) in [5.41, 5.74) is 3.14. The highest BCUT2D eigenvalue weighted by Crippen LogP contribution is 2.34. The summed E-state index contributed by atoms with van der Waals surface area (Å²) in [4.78, 5) is 13.2. The van der Waals surface area contributed by atoms with Crippen LogP contribution in [0, 0.1) is 6.92 Å². The van der Waals surface area contributed by atoms with Gasteiger partial charge in [-0.1, -0.05) is 48.5 Å². The predicted octanol–water partition coefficient (Wildman–Crippen LogP) is 2.66. The second-order valence-electron chi connectivity index (χ2n) is 8.32. The largest absolute Gasteiger partial charge is 0.496 e. The number of aryl methyl sites for hydroxylation is 1. The minimum absolute atomic E-state index is 0.296. The van der Waals surface area contributed by atoms with E-state index in [1.807, 2.05) is 55.5 Å². The van der Waals surface area contributed by atoms with Crippen molar-refractivity contribution in [2.75, 3.05) is 7.11 Å². The fraction of sp³-hybridized carbons (Fsp3) is 0.269. The van der Waals surface area contributed by atoms with E-state index in [4.69, 9.17) is 4.74 Å². The molecule has 0 aliphatic heterocycles. The lowest BCUT2D eigenvalue weighted by molar-refractivity contribution is -0.102. The molecule has 1 unspecified atom stereocenters. The summed E-state index contributed by atoms with van der Waals surface area (Å²) in [6.45, 7) is 1.91. The molecule has 0 saturated heterocycles. The number of carbonyl (C=O) groups is 1.